The van der Waals surface area contributed by atoms with Crippen LogP contribution in [0.3, 0.4) is 0 Å². The maximum Gasteiger partial charge on any atom is 0.229 e. The molecule has 0 radical (unpaired) electrons. The molecule has 5 heteroatoms. The molecule has 1 saturated heterocycles. The third kappa shape index (κ3) is 3.15. The van der Waals surface area contributed by atoms with Gasteiger partial charge in [-0.25, -0.2) is 0 Å². The van der Waals surface area contributed by atoms with Crippen LogP contribution in [0.1, 0.15) is 17.5 Å². The van der Waals surface area contributed by atoms with E-state index in [1.807, 2.05) is 38.1 Å². The standard InChI is InChI=1S/C19H19ClN2O2/c1-12-6-5-9-17(13(12)2)22-11-14(10-18(22)23)19(24)21-16-8-4-3-7-15(16)20/h3-9,14H,10-11H2,1-2H3,(H,21,24). The highest BCUT2D eigenvalue weighted by Crippen LogP contribution is 2.30. The molecule has 2 aromatic rings. The number of halogens is 1. The Labute approximate surface area is 146 Å². The molecule has 1 N–H and O–H groups in total. The van der Waals surface area contributed by atoms with Crippen LogP contribution in [0.25, 0.3) is 0 Å². The molecule has 1 aliphatic heterocycles. The Morgan fingerprint density at radius 3 is 2.67 bits per heavy atom. The number of rotatable bonds is 3. The van der Waals surface area contributed by atoms with Crippen LogP contribution < -0.4 is 10.2 Å². The van der Waals surface area contributed by atoms with Crippen molar-refractivity contribution < 1.29 is 9.59 Å². The molecule has 1 unspecified atom stereocenters. The van der Waals surface area contributed by atoms with Crippen molar-refractivity contribution in [1.29, 1.82) is 0 Å². The van der Waals surface area contributed by atoms with Crippen molar-refractivity contribution >= 4 is 34.8 Å². The molecule has 24 heavy (non-hydrogen) atoms. The van der Waals surface area contributed by atoms with Crippen LogP contribution >= 0.6 is 11.6 Å². The lowest BCUT2D eigenvalue weighted by Gasteiger charge is -2.20. The zero-order valence-electron chi connectivity index (χ0n) is 13.7. The first-order valence-electron chi connectivity index (χ1n) is 7.89. The number of hydrogen-bond donors (Lipinski definition) is 1. The smallest absolute Gasteiger partial charge is 0.229 e. The molecule has 1 heterocycles. The van der Waals surface area contributed by atoms with Crippen LogP contribution in [0.2, 0.25) is 5.02 Å². The summed E-state index contributed by atoms with van der Waals surface area (Å²) in [7, 11) is 0. The predicted octanol–water partition coefficient (Wildman–Crippen LogP) is 3.95. The summed E-state index contributed by atoms with van der Waals surface area (Å²) in [5.74, 6) is -0.582. The highest BCUT2D eigenvalue weighted by atomic mass is 35.5. The first kappa shape index (κ1) is 16.5. The van der Waals surface area contributed by atoms with Crippen molar-refractivity contribution in [2.24, 2.45) is 5.92 Å². The van der Waals surface area contributed by atoms with Crippen LogP contribution in [0.5, 0.6) is 0 Å². The lowest BCUT2D eigenvalue weighted by atomic mass is 10.1. The first-order valence-corrected chi connectivity index (χ1v) is 8.27. The second-order valence-electron chi connectivity index (χ2n) is 6.09. The Balaban J connectivity index is 1.76. The second-order valence-corrected chi connectivity index (χ2v) is 6.50. The summed E-state index contributed by atoms with van der Waals surface area (Å²) < 4.78 is 0. The maximum absolute atomic E-state index is 12.5. The van der Waals surface area contributed by atoms with Crippen molar-refractivity contribution in [3.8, 4) is 0 Å². The molecule has 0 aliphatic carbocycles. The van der Waals surface area contributed by atoms with Gasteiger partial charge in [-0.2, -0.15) is 0 Å². The Morgan fingerprint density at radius 1 is 1.17 bits per heavy atom. The number of nitrogens with zero attached hydrogens (tertiary/aromatic N) is 1. The lowest BCUT2D eigenvalue weighted by molar-refractivity contribution is -0.122. The van der Waals surface area contributed by atoms with E-state index in [1.165, 1.54) is 0 Å². The number of anilines is 2. The number of para-hydroxylation sites is 1. The van der Waals surface area contributed by atoms with E-state index in [-0.39, 0.29) is 24.2 Å². The van der Waals surface area contributed by atoms with Crippen molar-refractivity contribution in [1.82, 2.24) is 0 Å². The van der Waals surface area contributed by atoms with Gasteiger partial charge in [0.2, 0.25) is 11.8 Å². The van der Waals surface area contributed by atoms with Gasteiger partial charge in [0.25, 0.3) is 0 Å². The predicted molar refractivity (Wildman–Crippen MR) is 96.5 cm³/mol. The van der Waals surface area contributed by atoms with E-state index in [0.29, 0.717) is 17.3 Å². The van der Waals surface area contributed by atoms with E-state index >= 15 is 0 Å². The summed E-state index contributed by atoms with van der Waals surface area (Å²) in [6.07, 6.45) is 0.212. The molecule has 0 saturated carbocycles. The molecule has 124 valence electrons. The molecule has 0 aromatic heterocycles. The third-order valence-electron chi connectivity index (χ3n) is 4.49. The Bertz CT molecular complexity index is 804. The average molecular weight is 343 g/mol. The van der Waals surface area contributed by atoms with Crippen LogP contribution in [0, 0.1) is 19.8 Å². The number of carbonyl (C=O) groups excluding carboxylic acids is 2. The number of aryl methyl sites for hydroxylation is 1. The van der Waals surface area contributed by atoms with Gasteiger partial charge in [-0.3, -0.25) is 9.59 Å². The monoisotopic (exact) mass is 342 g/mol. The number of carbonyl (C=O) groups is 2. The van der Waals surface area contributed by atoms with Gasteiger partial charge in [0.05, 0.1) is 16.6 Å². The SMILES string of the molecule is Cc1cccc(N2CC(C(=O)Nc3ccccc3Cl)CC2=O)c1C. The van der Waals surface area contributed by atoms with Gasteiger partial charge >= 0.3 is 0 Å². The van der Waals surface area contributed by atoms with E-state index in [4.69, 9.17) is 11.6 Å². The highest BCUT2D eigenvalue weighted by molar-refractivity contribution is 6.33. The Kier molecular flexibility index (Phi) is 4.58. The zero-order chi connectivity index (χ0) is 17.3. The lowest BCUT2D eigenvalue weighted by Crippen LogP contribution is -2.28. The minimum atomic E-state index is -0.381. The van der Waals surface area contributed by atoms with Gasteiger partial charge in [-0.05, 0) is 43.2 Å². The normalized spacial score (nSPS) is 17.2. The number of amides is 2. The molecule has 1 aliphatic rings. The minimum absolute atomic E-state index is 0.0250. The average Bonchev–Trinajstić information content (AvgIpc) is 2.94. The van der Waals surface area contributed by atoms with Gasteiger partial charge in [-0.15, -0.1) is 0 Å². The van der Waals surface area contributed by atoms with E-state index < -0.39 is 0 Å². The largest absolute Gasteiger partial charge is 0.324 e. The fraction of sp³-hybridized carbons (Fsp3) is 0.263. The molecule has 4 nitrogen and oxygen atoms in total. The van der Waals surface area contributed by atoms with Crippen molar-refractivity contribution in [2.75, 3.05) is 16.8 Å². The quantitative estimate of drug-likeness (QED) is 0.918. The summed E-state index contributed by atoms with van der Waals surface area (Å²) >= 11 is 6.07. The van der Waals surface area contributed by atoms with Crippen molar-refractivity contribution in [3.63, 3.8) is 0 Å². The zero-order valence-corrected chi connectivity index (χ0v) is 14.4. The highest BCUT2D eigenvalue weighted by Gasteiger charge is 2.35. The first-order chi connectivity index (χ1) is 11.5. The maximum atomic E-state index is 12.5. The molecule has 1 fully saturated rings. The molecule has 0 bridgehead atoms. The van der Waals surface area contributed by atoms with Crippen LogP contribution in [0.15, 0.2) is 42.5 Å². The van der Waals surface area contributed by atoms with Gasteiger partial charge in [0, 0.05) is 18.7 Å². The van der Waals surface area contributed by atoms with Gasteiger partial charge < -0.3 is 10.2 Å². The Morgan fingerprint density at radius 2 is 1.92 bits per heavy atom. The van der Waals surface area contributed by atoms with Crippen LogP contribution in [-0.4, -0.2) is 18.4 Å². The molecule has 3 rings (SSSR count). The minimum Gasteiger partial charge on any atom is -0.324 e. The topological polar surface area (TPSA) is 49.4 Å². The molecule has 0 spiro atoms. The van der Waals surface area contributed by atoms with Gasteiger partial charge in [-0.1, -0.05) is 35.9 Å². The summed E-state index contributed by atoms with van der Waals surface area (Å²) in [5, 5.41) is 3.31. The summed E-state index contributed by atoms with van der Waals surface area (Å²) in [6.45, 7) is 4.40. The number of benzene rings is 2. The van der Waals surface area contributed by atoms with E-state index in [1.54, 1.807) is 23.1 Å². The van der Waals surface area contributed by atoms with Gasteiger partial charge in [0.1, 0.15) is 0 Å². The van der Waals surface area contributed by atoms with Gasteiger partial charge in [0.15, 0.2) is 0 Å². The molecule has 2 amide bonds. The third-order valence-corrected chi connectivity index (χ3v) is 4.82. The number of hydrogen-bond acceptors (Lipinski definition) is 2. The van der Waals surface area contributed by atoms with Crippen LogP contribution in [0.4, 0.5) is 11.4 Å². The second kappa shape index (κ2) is 6.65. The van der Waals surface area contributed by atoms with Crippen molar-refractivity contribution in [2.45, 2.75) is 20.3 Å². The fourth-order valence-corrected chi connectivity index (χ4v) is 3.12. The molecular formula is C19H19ClN2O2. The molecule has 2 aromatic carbocycles. The van der Waals surface area contributed by atoms with E-state index in [0.717, 1.165) is 16.8 Å². The molecular weight excluding hydrogens is 324 g/mol. The summed E-state index contributed by atoms with van der Waals surface area (Å²) in [4.78, 5) is 26.6. The summed E-state index contributed by atoms with van der Waals surface area (Å²) in [6, 6.07) is 13.0. The van der Waals surface area contributed by atoms with Crippen LogP contribution in [-0.2, 0) is 9.59 Å². The van der Waals surface area contributed by atoms with Crippen molar-refractivity contribution in [3.05, 3.63) is 58.6 Å². The number of nitrogens with one attached hydrogen (secondary N) is 1. The fourth-order valence-electron chi connectivity index (χ4n) is 2.94. The van der Waals surface area contributed by atoms with E-state index in [9.17, 15) is 9.59 Å². The summed E-state index contributed by atoms with van der Waals surface area (Å²) in [5.41, 5.74) is 3.65. The Hall–Kier alpha value is -2.33. The molecule has 1 atom stereocenters. The van der Waals surface area contributed by atoms with E-state index in [2.05, 4.69) is 5.32 Å².